The molecule has 144 valence electrons. The zero-order valence-electron chi connectivity index (χ0n) is 16.0. The van der Waals surface area contributed by atoms with E-state index in [0.717, 1.165) is 19.4 Å². The van der Waals surface area contributed by atoms with Crippen LogP contribution < -0.4 is 5.56 Å². The molecule has 2 heterocycles. The minimum absolute atomic E-state index is 0.175. The third kappa shape index (κ3) is 3.22. The Morgan fingerprint density at radius 3 is 2.39 bits per heavy atom. The van der Waals surface area contributed by atoms with Gasteiger partial charge in [-0.25, -0.2) is 4.79 Å². The first-order chi connectivity index (χ1) is 13.6. The highest BCUT2D eigenvalue weighted by molar-refractivity contribution is 6.04. The zero-order valence-corrected chi connectivity index (χ0v) is 16.0. The number of carboxylic acid groups (broad SMARTS) is 1. The lowest BCUT2D eigenvalue weighted by molar-refractivity contribution is 0.0693. The van der Waals surface area contributed by atoms with Crippen LogP contribution in [0.2, 0.25) is 0 Å². The Balaban J connectivity index is 2.03. The lowest BCUT2D eigenvalue weighted by atomic mass is 9.99. The van der Waals surface area contributed by atoms with Crippen molar-refractivity contribution in [2.75, 3.05) is 6.54 Å². The molecule has 1 atom stereocenters. The SMILES string of the molecule is CC1CCCCN1Cc1c(C(=O)O)c2ccccc2c(=O)n1-c1ccccc1. The summed E-state index contributed by atoms with van der Waals surface area (Å²) in [4.78, 5) is 28.0. The largest absolute Gasteiger partial charge is 0.478 e. The number of benzene rings is 2. The molecular formula is C23H24N2O3. The van der Waals surface area contributed by atoms with Gasteiger partial charge in [0.1, 0.15) is 0 Å². The van der Waals surface area contributed by atoms with E-state index in [1.807, 2.05) is 30.3 Å². The van der Waals surface area contributed by atoms with Crippen molar-refractivity contribution < 1.29 is 9.90 Å². The van der Waals surface area contributed by atoms with Crippen molar-refractivity contribution in [3.05, 3.63) is 76.2 Å². The number of fused-ring (bicyclic) bond motifs is 1. The van der Waals surface area contributed by atoms with Crippen LogP contribution in [-0.2, 0) is 6.54 Å². The molecule has 1 aliphatic heterocycles. The van der Waals surface area contributed by atoms with Crippen LogP contribution in [0.1, 0.15) is 42.2 Å². The smallest absolute Gasteiger partial charge is 0.338 e. The Morgan fingerprint density at radius 1 is 1.04 bits per heavy atom. The van der Waals surface area contributed by atoms with Gasteiger partial charge in [-0.3, -0.25) is 14.3 Å². The van der Waals surface area contributed by atoms with Gasteiger partial charge in [0.05, 0.1) is 11.3 Å². The molecular weight excluding hydrogens is 352 g/mol. The van der Waals surface area contributed by atoms with Crippen LogP contribution in [-0.4, -0.2) is 33.1 Å². The summed E-state index contributed by atoms with van der Waals surface area (Å²) in [5, 5.41) is 11.0. The Morgan fingerprint density at radius 2 is 1.71 bits per heavy atom. The number of carbonyl (C=O) groups is 1. The normalized spacial score (nSPS) is 17.7. The predicted octanol–water partition coefficient (Wildman–Crippen LogP) is 4.06. The summed E-state index contributed by atoms with van der Waals surface area (Å²) in [6.07, 6.45) is 3.37. The molecule has 0 spiro atoms. The standard InChI is InChI=1S/C23H24N2O3/c1-16-9-7-8-14-24(16)15-20-21(23(27)28)18-12-5-6-13-19(18)22(26)25(20)17-10-3-2-4-11-17/h2-6,10-13,16H,7-9,14-15H2,1H3,(H,27,28). The first-order valence-electron chi connectivity index (χ1n) is 9.77. The second-order valence-electron chi connectivity index (χ2n) is 7.46. The highest BCUT2D eigenvalue weighted by Crippen LogP contribution is 2.26. The number of carboxylic acids is 1. The summed E-state index contributed by atoms with van der Waals surface area (Å²) < 4.78 is 1.59. The predicted molar refractivity (Wildman–Crippen MR) is 110 cm³/mol. The molecule has 0 radical (unpaired) electrons. The van der Waals surface area contributed by atoms with E-state index in [-0.39, 0.29) is 11.1 Å². The van der Waals surface area contributed by atoms with Gasteiger partial charge in [-0.2, -0.15) is 0 Å². The van der Waals surface area contributed by atoms with Crippen LogP contribution in [0.25, 0.3) is 16.5 Å². The second kappa shape index (κ2) is 7.60. The minimum Gasteiger partial charge on any atom is -0.478 e. The summed E-state index contributed by atoms with van der Waals surface area (Å²) in [6, 6.07) is 16.7. The Labute approximate surface area is 163 Å². The van der Waals surface area contributed by atoms with Crippen molar-refractivity contribution >= 4 is 16.7 Å². The number of pyridine rings is 1. The van der Waals surface area contributed by atoms with Crippen LogP contribution in [0.5, 0.6) is 0 Å². The number of para-hydroxylation sites is 1. The van der Waals surface area contributed by atoms with Gasteiger partial charge in [0.2, 0.25) is 0 Å². The van der Waals surface area contributed by atoms with Gasteiger partial charge in [-0.15, -0.1) is 0 Å². The lowest BCUT2D eigenvalue weighted by Gasteiger charge is -2.34. The molecule has 1 unspecified atom stereocenters. The third-order valence-corrected chi connectivity index (χ3v) is 5.71. The molecule has 1 aromatic heterocycles. The highest BCUT2D eigenvalue weighted by atomic mass is 16.4. The number of piperidine rings is 1. The maximum absolute atomic E-state index is 13.4. The average molecular weight is 376 g/mol. The molecule has 0 amide bonds. The van der Waals surface area contributed by atoms with Crippen molar-refractivity contribution in [3.8, 4) is 5.69 Å². The molecule has 0 saturated carbocycles. The van der Waals surface area contributed by atoms with Gasteiger partial charge >= 0.3 is 5.97 Å². The summed E-state index contributed by atoms with van der Waals surface area (Å²) >= 11 is 0. The molecule has 1 saturated heterocycles. The first-order valence-corrected chi connectivity index (χ1v) is 9.77. The van der Waals surface area contributed by atoms with Crippen LogP contribution in [0, 0.1) is 0 Å². The fourth-order valence-corrected chi connectivity index (χ4v) is 4.22. The van der Waals surface area contributed by atoms with E-state index in [1.165, 1.54) is 6.42 Å². The van der Waals surface area contributed by atoms with Gasteiger partial charge in [0, 0.05) is 29.0 Å². The minimum atomic E-state index is -0.999. The molecule has 2 aromatic carbocycles. The highest BCUT2D eigenvalue weighted by Gasteiger charge is 2.26. The van der Waals surface area contributed by atoms with Crippen molar-refractivity contribution in [2.45, 2.75) is 38.8 Å². The Hall–Kier alpha value is -2.92. The van der Waals surface area contributed by atoms with Crippen LogP contribution in [0.3, 0.4) is 0 Å². The number of hydrogen-bond donors (Lipinski definition) is 1. The quantitative estimate of drug-likeness (QED) is 0.746. The number of aromatic nitrogens is 1. The number of rotatable bonds is 4. The van der Waals surface area contributed by atoms with E-state index in [9.17, 15) is 14.7 Å². The topological polar surface area (TPSA) is 62.5 Å². The Kier molecular flexibility index (Phi) is 5.01. The van der Waals surface area contributed by atoms with E-state index in [4.69, 9.17) is 0 Å². The number of hydrogen-bond acceptors (Lipinski definition) is 3. The van der Waals surface area contributed by atoms with E-state index in [0.29, 0.717) is 34.7 Å². The molecule has 3 aromatic rings. The van der Waals surface area contributed by atoms with E-state index in [2.05, 4.69) is 11.8 Å². The fourth-order valence-electron chi connectivity index (χ4n) is 4.22. The summed E-state index contributed by atoms with van der Waals surface area (Å²) in [7, 11) is 0. The second-order valence-corrected chi connectivity index (χ2v) is 7.46. The van der Waals surface area contributed by atoms with Gasteiger partial charge < -0.3 is 5.11 Å². The summed E-state index contributed by atoms with van der Waals surface area (Å²) in [6.45, 7) is 3.53. The molecule has 28 heavy (non-hydrogen) atoms. The molecule has 4 rings (SSSR count). The van der Waals surface area contributed by atoms with Gasteiger partial charge in [0.25, 0.3) is 5.56 Å². The van der Waals surface area contributed by atoms with Crippen molar-refractivity contribution in [3.63, 3.8) is 0 Å². The first kappa shape index (κ1) is 18.4. The van der Waals surface area contributed by atoms with Crippen LogP contribution >= 0.6 is 0 Å². The number of likely N-dealkylation sites (tertiary alicyclic amines) is 1. The van der Waals surface area contributed by atoms with Gasteiger partial charge in [-0.05, 0) is 44.5 Å². The van der Waals surface area contributed by atoms with E-state index < -0.39 is 5.97 Å². The maximum atomic E-state index is 13.4. The average Bonchev–Trinajstić information content (AvgIpc) is 2.70. The monoisotopic (exact) mass is 376 g/mol. The number of aromatic carboxylic acids is 1. The molecule has 0 bridgehead atoms. The van der Waals surface area contributed by atoms with Crippen molar-refractivity contribution in [2.24, 2.45) is 0 Å². The van der Waals surface area contributed by atoms with Gasteiger partial charge in [0.15, 0.2) is 0 Å². The molecule has 0 aliphatic carbocycles. The van der Waals surface area contributed by atoms with E-state index >= 15 is 0 Å². The van der Waals surface area contributed by atoms with Crippen molar-refractivity contribution in [1.82, 2.24) is 9.47 Å². The third-order valence-electron chi connectivity index (χ3n) is 5.71. The molecule has 5 heteroatoms. The van der Waals surface area contributed by atoms with Gasteiger partial charge in [-0.1, -0.05) is 42.8 Å². The maximum Gasteiger partial charge on any atom is 0.338 e. The lowest BCUT2D eigenvalue weighted by Crippen LogP contribution is -2.39. The van der Waals surface area contributed by atoms with E-state index in [1.54, 1.807) is 28.8 Å². The fraction of sp³-hybridized carbons (Fsp3) is 0.304. The van der Waals surface area contributed by atoms with Crippen LogP contribution in [0.4, 0.5) is 0 Å². The molecule has 1 N–H and O–H groups in total. The van der Waals surface area contributed by atoms with Crippen LogP contribution in [0.15, 0.2) is 59.4 Å². The summed E-state index contributed by atoms with van der Waals surface area (Å²) in [5.41, 5.74) is 1.29. The zero-order chi connectivity index (χ0) is 19.7. The molecule has 5 nitrogen and oxygen atoms in total. The number of nitrogens with zero attached hydrogens (tertiary/aromatic N) is 2. The van der Waals surface area contributed by atoms with Crippen molar-refractivity contribution in [1.29, 1.82) is 0 Å². The molecule has 1 aliphatic rings. The molecule has 1 fully saturated rings. The summed E-state index contributed by atoms with van der Waals surface area (Å²) in [5.74, 6) is -0.999. The Bertz CT molecular complexity index is 1070.